The standard InChI is InChI=1S/C16H22N2O3/c1-10-4-5-11(2)14(16(20)21)13(10)15(19)17-12-6-8-18(3)9-7-12/h4-5,12H,6-9H2,1-3H3,(H,17,19)(H,20,21). The van der Waals surface area contributed by atoms with E-state index in [9.17, 15) is 14.7 Å². The quantitative estimate of drug-likeness (QED) is 0.891. The number of hydrogen-bond donors (Lipinski definition) is 2. The van der Waals surface area contributed by atoms with Gasteiger partial charge in [-0.25, -0.2) is 4.79 Å². The van der Waals surface area contributed by atoms with Crippen LogP contribution in [0.15, 0.2) is 12.1 Å². The van der Waals surface area contributed by atoms with Crippen molar-refractivity contribution < 1.29 is 14.7 Å². The normalized spacial score (nSPS) is 16.7. The second-order valence-corrected chi connectivity index (χ2v) is 5.81. The van der Waals surface area contributed by atoms with E-state index < -0.39 is 5.97 Å². The van der Waals surface area contributed by atoms with Crippen LogP contribution in [0.1, 0.15) is 44.7 Å². The zero-order chi connectivity index (χ0) is 15.6. The van der Waals surface area contributed by atoms with E-state index >= 15 is 0 Å². The maximum atomic E-state index is 12.5. The van der Waals surface area contributed by atoms with E-state index in [4.69, 9.17) is 0 Å². The molecule has 1 amide bonds. The van der Waals surface area contributed by atoms with Crippen molar-refractivity contribution in [2.24, 2.45) is 0 Å². The lowest BCUT2D eigenvalue weighted by atomic mass is 9.95. The Balaban J connectivity index is 2.23. The van der Waals surface area contributed by atoms with Crippen LogP contribution in [0.4, 0.5) is 0 Å². The molecule has 1 aliphatic rings. The molecule has 0 aliphatic carbocycles. The van der Waals surface area contributed by atoms with Crippen LogP contribution in [0.5, 0.6) is 0 Å². The number of aromatic carboxylic acids is 1. The summed E-state index contributed by atoms with van der Waals surface area (Å²) in [5.41, 5.74) is 1.71. The van der Waals surface area contributed by atoms with Gasteiger partial charge in [-0.05, 0) is 58.0 Å². The van der Waals surface area contributed by atoms with Gasteiger partial charge in [-0.3, -0.25) is 4.79 Å². The maximum Gasteiger partial charge on any atom is 0.336 e. The topological polar surface area (TPSA) is 69.6 Å². The van der Waals surface area contributed by atoms with Gasteiger partial charge in [0.05, 0.1) is 11.1 Å². The second-order valence-electron chi connectivity index (χ2n) is 5.81. The highest BCUT2D eigenvalue weighted by Gasteiger charge is 2.24. The van der Waals surface area contributed by atoms with Crippen molar-refractivity contribution in [3.63, 3.8) is 0 Å². The molecule has 0 saturated carbocycles. The molecule has 1 fully saturated rings. The highest BCUT2D eigenvalue weighted by atomic mass is 16.4. The number of amides is 1. The van der Waals surface area contributed by atoms with Crippen molar-refractivity contribution in [3.8, 4) is 0 Å². The van der Waals surface area contributed by atoms with E-state index in [0.29, 0.717) is 16.7 Å². The van der Waals surface area contributed by atoms with Crippen LogP contribution in [0, 0.1) is 13.8 Å². The van der Waals surface area contributed by atoms with Gasteiger partial charge in [0.15, 0.2) is 0 Å². The summed E-state index contributed by atoms with van der Waals surface area (Å²) in [5.74, 6) is -1.33. The molecule has 5 nitrogen and oxygen atoms in total. The summed E-state index contributed by atoms with van der Waals surface area (Å²) in [6.07, 6.45) is 1.80. The van der Waals surface area contributed by atoms with E-state index in [1.54, 1.807) is 26.0 Å². The Morgan fingerprint density at radius 2 is 1.67 bits per heavy atom. The molecule has 0 bridgehead atoms. The van der Waals surface area contributed by atoms with Gasteiger partial charge >= 0.3 is 5.97 Å². The Labute approximate surface area is 125 Å². The van der Waals surface area contributed by atoms with Crippen LogP contribution in [0.25, 0.3) is 0 Å². The molecule has 1 aromatic carbocycles. The van der Waals surface area contributed by atoms with Gasteiger partial charge < -0.3 is 15.3 Å². The van der Waals surface area contributed by atoms with Gasteiger partial charge in [0.25, 0.3) is 5.91 Å². The highest BCUT2D eigenvalue weighted by molar-refractivity contribution is 6.06. The summed E-state index contributed by atoms with van der Waals surface area (Å²) in [4.78, 5) is 26.2. The molecule has 0 radical (unpaired) electrons. The number of carbonyl (C=O) groups is 2. The van der Waals surface area contributed by atoms with Crippen molar-refractivity contribution in [1.82, 2.24) is 10.2 Å². The first kappa shape index (κ1) is 15.5. The molecule has 2 rings (SSSR count). The largest absolute Gasteiger partial charge is 0.478 e. The molecular formula is C16H22N2O3. The lowest BCUT2D eigenvalue weighted by molar-refractivity contribution is 0.0689. The number of piperidine rings is 1. The Kier molecular flexibility index (Phi) is 4.63. The summed E-state index contributed by atoms with van der Waals surface area (Å²) in [7, 11) is 2.06. The number of nitrogens with zero attached hydrogens (tertiary/aromatic N) is 1. The number of rotatable bonds is 3. The van der Waals surface area contributed by atoms with Crippen molar-refractivity contribution in [2.45, 2.75) is 32.7 Å². The van der Waals surface area contributed by atoms with Crippen molar-refractivity contribution in [2.75, 3.05) is 20.1 Å². The van der Waals surface area contributed by atoms with Crippen LogP contribution in [0.3, 0.4) is 0 Å². The first-order valence-corrected chi connectivity index (χ1v) is 7.23. The minimum absolute atomic E-state index is 0.112. The first-order chi connectivity index (χ1) is 9.90. The summed E-state index contributed by atoms with van der Waals surface area (Å²) in [6.45, 7) is 5.39. The number of nitrogens with one attached hydrogen (secondary N) is 1. The molecule has 0 atom stereocenters. The van der Waals surface area contributed by atoms with Crippen molar-refractivity contribution >= 4 is 11.9 Å². The summed E-state index contributed by atoms with van der Waals surface area (Å²) in [6, 6.07) is 3.66. The second kappa shape index (κ2) is 6.26. The van der Waals surface area contributed by atoms with E-state index in [1.807, 2.05) is 0 Å². The molecule has 0 aromatic heterocycles. The average molecular weight is 290 g/mol. The number of carboxylic acid groups (broad SMARTS) is 1. The molecule has 114 valence electrons. The molecule has 0 spiro atoms. The lowest BCUT2D eigenvalue weighted by Gasteiger charge is -2.29. The summed E-state index contributed by atoms with van der Waals surface area (Å²) < 4.78 is 0. The molecule has 1 heterocycles. The first-order valence-electron chi connectivity index (χ1n) is 7.23. The van der Waals surface area contributed by atoms with E-state index in [1.165, 1.54) is 0 Å². The minimum Gasteiger partial charge on any atom is -0.478 e. The van der Waals surface area contributed by atoms with Gasteiger partial charge in [-0.2, -0.15) is 0 Å². The molecule has 2 N–H and O–H groups in total. The fourth-order valence-electron chi connectivity index (χ4n) is 2.79. The van der Waals surface area contributed by atoms with Gasteiger partial charge in [0.2, 0.25) is 0 Å². The zero-order valence-corrected chi connectivity index (χ0v) is 12.8. The fraction of sp³-hybridized carbons (Fsp3) is 0.500. The fourth-order valence-corrected chi connectivity index (χ4v) is 2.79. The SMILES string of the molecule is Cc1ccc(C)c(C(=O)NC2CCN(C)CC2)c1C(=O)O. The third kappa shape index (κ3) is 3.42. The van der Waals surface area contributed by atoms with Gasteiger partial charge in [-0.1, -0.05) is 12.1 Å². The van der Waals surface area contributed by atoms with Crippen LogP contribution in [0.2, 0.25) is 0 Å². The summed E-state index contributed by atoms with van der Waals surface area (Å²) in [5, 5.41) is 12.4. The van der Waals surface area contributed by atoms with Crippen LogP contribution in [-0.4, -0.2) is 48.1 Å². The highest BCUT2D eigenvalue weighted by Crippen LogP contribution is 2.20. The van der Waals surface area contributed by atoms with E-state index in [2.05, 4.69) is 17.3 Å². The molecule has 5 heteroatoms. The van der Waals surface area contributed by atoms with Gasteiger partial charge in [-0.15, -0.1) is 0 Å². The third-order valence-corrected chi connectivity index (χ3v) is 4.12. The number of aryl methyl sites for hydroxylation is 2. The monoisotopic (exact) mass is 290 g/mol. The number of hydrogen-bond acceptors (Lipinski definition) is 3. The van der Waals surface area contributed by atoms with Gasteiger partial charge in [0, 0.05) is 6.04 Å². The predicted octanol–water partition coefficient (Wildman–Crippen LogP) is 1.83. The van der Waals surface area contributed by atoms with Crippen LogP contribution >= 0.6 is 0 Å². The Hall–Kier alpha value is -1.88. The average Bonchev–Trinajstić information content (AvgIpc) is 2.43. The third-order valence-electron chi connectivity index (χ3n) is 4.12. The molecular weight excluding hydrogens is 268 g/mol. The molecule has 1 aromatic rings. The Morgan fingerprint density at radius 1 is 1.14 bits per heavy atom. The smallest absolute Gasteiger partial charge is 0.336 e. The maximum absolute atomic E-state index is 12.5. The minimum atomic E-state index is -1.05. The van der Waals surface area contributed by atoms with Crippen LogP contribution in [-0.2, 0) is 0 Å². The number of carbonyl (C=O) groups excluding carboxylic acids is 1. The van der Waals surface area contributed by atoms with Crippen LogP contribution < -0.4 is 5.32 Å². The number of benzene rings is 1. The van der Waals surface area contributed by atoms with Crippen molar-refractivity contribution in [1.29, 1.82) is 0 Å². The molecule has 21 heavy (non-hydrogen) atoms. The zero-order valence-electron chi connectivity index (χ0n) is 12.8. The molecule has 1 aliphatic heterocycles. The predicted molar refractivity (Wildman–Crippen MR) is 80.9 cm³/mol. The van der Waals surface area contributed by atoms with Crippen molar-refractivity contribution in [3.05, 3.63) is 34.4 Å². The number of carboxylic acids is 1. The lowest BCUT2D eigenvalue weighted by Crippen LogP contribution is -2.43. The molecule has 0 unspecified atom stereocenters. The Bertz CT molecular complexity index is 561. The van der Waals surface area contributed by atoms with E-state index in [-0.39, 0.29) is 17.5 Å². The van der Waals surface area contributed by atoms with E-state index in [0.717, 1.165) is 25.9 Å². The Morgan fingerprint density at radius 3 is 2.19 bits per heavy atom. The van der Waals surface area contributed by atoms with Gasteiger partial charge in [0.1, 0.15) is 0 Å². The summed E-state index contributed by atoms with van der Waals surface area (Å²) >= 11 is 0. The molecule has 1 saturated heterocycles. The number of likely N-dealkylation sites (tertiary alicyclic amines) is 1.